The molecule has 6 nitrogen and oxygen atoms in total. The minimum Gasteiger partial charge on any atom is -0.496 e. The van der Waals surface area contributed by atoms with Gasteiger partial charge in [0, 0.05) is 35.6 Å². The van der Waals surface area contributed by atoms with Crippen molar-refractivity contribution in [3.05, 3.63) is 70.6 Å². The molecule has 168 valence electrons. The Labute approximate surface area is 188 Å². The summed E-state index contributed by atoms with van der Waals surface area (Å²) in [5, 5.41) is 4.41. The number of hydrogen-bond donors (Lipinski definition) is 1. The minimum absolute atomic E-state index is 0.00606. The van der Waals surface area contributed by atoms with Crippen molar-refractivity contribution in [3.63, 3.8) is 0 Å². The molecule has 1 N–H and O–H groups in total. The van der Waals surface area contributed by atoms with Crippen molar-refractivity contribution in [2.45, 2.75) is 32.2 Å². The number of hydrogen-bond acceptors (Lipinski definition) is 4. The zero-order valence-corrected chi connectivity index (χ0v) is 18.8. The Bertz CT molecular complexity index is 1150. The van der Waals surface area contributed by atoms with Crippen LogP contribution in [0.5, 0.6) is 5.75 Å². The summed E-state index contributed by atoms with van der Waals surface area (Å²) in [6, 6.07) is 15.2. The number of rotatable bonds is 7. The molecule has 0 aliphatic carbocycles. The van der Waals surface area contributed by atoms with Crippen LogP contribution in [0, 0.1) is 5.92 Å². The number of anilines is 1. The first kappa shape index (κ1) is 22.1. The highest BCUT2D eigenvalue weighted by molar-refractivity contribution is 6.01. The zero-order valence-electron chi connectivity index (χ0n) is 18.8. The van der Waals surface area contributed by atoms with Crippen LogP contribution in [-0.2, 0) is 17.8 Å². The predicted octanol–water partition coefficient (Wildman–Crippen LogP) is 3.92. The largest absolute Gasteiger partial charge is 0.496 e. The highest BCUT2D eigenvalue weighted by Crippen LogP contribution is 2.23. The van der Waals surface area contributed by atoms with E-state index in [1.165, 1.54) is 0 Å². The summed E-state index contributed by atoms with van der Waals surface area (Å²) in [6.45, 7) is 2.91. The normalized spacial score (nSPS) is 15.1. The number of fused-ring (bicyclic) bond motifs is 1. The molecule has 2 aromatic carbocycles. The smallest absolute Gasteiger partial charge is 0.258 e. The Balaban J connectivity index is 1.47. The number of nitrogens with zero attached hydrogens (tertiary/aromatic N) is 2. The maximum Gasteiger partial charge on any atom is 0.258 e. The quantitative estimate of drug-likeness (QED) is 0.613. The van der Waals surface area contributed by atoms with Gasteiger partial charge in [0.1, 0.15) is 5.75 Å². The third kappa shape index (κ3) is 5.02. The number of benzene rings is 2. The van der Waals surface area contributed by atoms with Gasteiger partial charge in [-0.3, -0.25) is 9.59 Å². The van der Waals surface area contributed by atoms with E-state index >= 15 is 0 Å². The Morgan fingerprint density at radius 3 is 2.62 bits per heavy atom. The molecule has 32 heavy (non-hydrogen) atoms. The molecule has 0 saturated carbocycles. The molecular formula is C26H31N3O3. The highest BCUT2D eigenvalue weighted by Gasteiger charge is 2.18. The number of aryl methyl sites for hydroxylation is 1. The topological polar surface area (TPSA) is 63.6 Å². The number of carbonyl (C=O) groups is 1. The van der Waals surface area contributed by atoms with E-state index in [-0.39, 0.29) is 11.5 Å². The number of para-hydroxylation sites is 1. The fourth-order valence-electron chi connectivity index (χ4n) is 4.46. The van der Waals surface area contributed by atoms with Crippen LogP contribution in [0.25, 0.3) is 10.8 Å². The van der Waals surface area contributed by atoms with Gasteiger partial charge < -0.3 is 19.5 Å². The van der Waals surface area contributed by atoms with E-state index < -0.39 is 0 Å². The summed E-state index contributed by atoms with van der Waals surface area (Å²) in [7, 11) is 3.78. The molecule has 0 radical (unpaired) electrons. The van der Waals surface area contributed by atoms with E-state index in [1.807, 2.05) is 59.3 Å². The summed E-state index contributed by atoms with van der Waals surface area (Å²) in [5.74, 6) is 1.23. The fourth-order valence-corrected chi connectivity index (χ4v) is 4.46. The molecule has 2 heterocycles. The van der Waals surface area contributed by atoms with Crippen molar-refractivity contribution in [2.75, 3.05) is 32.6 Å². The zero-order chi connectivity index (χ0) is 22.5. The molecule has 4 rings (SSSR count). The number of amides is 1. The molecule has 0 atom stereocenters. The van der Waals surface area contributed by atoms with Gasteiger partial charge in [0.2, 0.25) is 5.91 Å². The molecular weight excluding hydrogens is 402 g/mol. The van der Waals surface area contributed by atoms with Crippen molar-refractivity contribution in [1.29, 1.82) is 0 Å². The second-order valence-electron chi connectivity index (χ2n) is 8.65. The van der Waals surface area contributed by atoms with Crippen molar-refractivity contribution in [3.8, 4) is 5.75 Å². The van der Waals surface area contributed by atoms with E-state index in [9.17, 15) is 9.59 Å². The van der Waals surface area contributed by atoms with E-state index in [1.54, 1.807) is 7.11 Å². The Morgan fingerprint density at radius 1 is 1.06 bits per heavy atom. The van der Waals surface area contributed by atoms with Crippen molar-refractivity contribution in [2.24, 2.45) is 5.92 Å². The summed E-state index contributed by atoms with van der Waals surface area (Å²) in [5.41, 5.74) is 1.68. The van der Waals surface area contributed by atoms with Crippen molar-refractivity contribution >= 4 is 22.4 Å². The van der Waals surface area contributed by atoms with Crippen LogP contribution in [0.4, 0.5) is 5.69 Å². The molecule has 1 aliphatic heterocycles. The van der Waals surface area contributed by atoms with Gasteiger partial charge in [-0.2, -0.15) is 0 Å². The third-order valence-electron chi connectivity index (χ3n) is 6.40. The maximum atomic E-state index is 13.1. The van der Waals surface area contributed by atoms with Gasteiger partial charge in [-0.05, 0) is 75.1 Å². The second-order valence-corrected chi connectivity index (χ2v) is 8.65. The summed E-state index contributed by atoms with van der Waals surface area (Å²) in [6.07, 6.45) is 5.02. The molecule has 6 heteroatoms. The summed E-state index contributed by atoms with van der Waals surface area (Å²) >= 11 is 0. The van der Waals surface area contributed by atoms with Crippen LogP contribution in [0.3, 0.4) is 0 Å². The van der Waals surface area contributed by atoms with Gasteiger partial charge >= 0.3 is 0 Å². The number of aromatic nitrogens is 1. The molecule has 1 aliphatic rings. The number of ether oxygens (including phenoxy) is 1. The Hall–Kier alpha value is -3.12. The van der Waals surface area contributed by atoms with Crippen LogP contribution in [0.2, 0.25) is 0 Å². The summed E-state index contributed by atoms with van der Waals surface area (Å²) < 4.78 is 7.19. The van der Waals surface area contributed by atoms with Gasteiger partial charge in [0.25, 0.3) is 5.56 Å². The number of methoxy groups -OCH3 is 1. The lowest BCUT2D eigenvalue weighted by atomic mass is 9.97. The van der Waals surface area contributed by atoms with Gasteiger partial charge in [-0.25, -0.2) is 0 Å². The fraction of sp³-hybridized carbons (Fsp3) is 0.385. The highest BCUT2D eigenvalue weighted by atomic mass is 16.5. The number of nitrogens with one attached hydrogen (secondary N) is 1. The molecule has 1 aromatic heterocycles. The Morgan fingerprint density at radius 2 is 1.84 bits per heavy atom. The van der Waals surface area contributed by atoms with Crippen LogP contribution >= 0.6 is 0 Å². The SMILES string of the molecule is COc1ccccc1CCC(=O)Nc1cccc2c(=O)n(CC3CCN(C)CC3)ccc12. The van der Waals surface area contributed by atoms with Gasteiger partial charge in [-0.1, -0.05) is 24.3 Å². The monoisotopic (exact) mass is 433 g/mol. The molecule has 1 amide bonds. The third-order valence-corrected chi connectivity index (χ3v) is 6.40. The maximum absolute atomic E-state index is 13.1. The van der Waals surface area contributed by atoms with E-state index in [4.69, 9.17) is 4.74 Å². The first-order valence-electron chi connectivity index (χ1n) is 11.3. The standard InChI is InChI=1S/C26H31N3O3/c1-28-15-12-19(13-16-28)18-29-17-14-21-22(26(29)31)7-5-8-23(21)27-25(30)11-10-20-6-3-4-9-24(20)32-2/h3-9,14,17,19H,10-13,15-16,18H2,1-2H3,(H,27,30). The van der Waals surface area contributed by atoms with Crippen LogP contribution in [-0.4, -0.2) is 42.6 Å². The van der Waals surface area contributed by atoms with Gasteiger partial charge in [-0.15, -0.1) is 0 Å². The first-order valence-corrected chi connectivity index (χ1v) is 11.3. The Kier molecular flexibility index (Phi) is 6.90. The average molecular weight is 434 g/mol. The second kappa shape index (κ2) is 10.0. The lowest BCUT2D eigenvalue weighted by Gasteiger charge is -2.29. The number of pyridine rings is 1. The van der Waals surface area contributed by atoms with Crippen molar-refractivity contribution < 1.29 is 9.53 Å². The first-order chi connectivity index (χ1) is 15.5. The van der Waals surface area contributed by atoms with E-state index in [0.29, 0.717) is 29.8 Å². The number of carbonyl (C=O) groups excluding carboxylic acids is 1. The molecule has 1 fully saturated rings. The van der Waals surface area contributed by atoms with Gasteiger partial charge in [0.05, 0.1) is 7.11 Å². The lowest BCUT2D eigenvalue weighted by molar-refractivity contribution is -0.116. The average Bonchev–Trinajstić information content (AvgIpc) is 2.81. The summed E-state index contributed by atoms with van der Waals surface area (Å²) in [4.78, 5) is 28.1. The van der Waals surface area contributed by atoms with E-state index in [2.05, 4.69) is 17.3 Å². The number of likely N-dealkylation sites (tertiary alicyclic amines) is 1. The van der Waals surface area contributed by atoms with Gasteiger partial charge in [0.15, 0.2) is 0 Å². The molecule has 0 spiro atoms. The van der Waals surface area contributed by atoms with E-state index in [0.717, 1.165) is 49.2 Å². The predicted molar refractivity (Wildman–Crippen MR) is 128 cm³/mol. The minimum atomic E-state index is -0.0843. The molecule has 1 saturated heterocycles. The molecule has 0 bridgehead atoms. The molecule has 3 aromatic rings. The number of piperidine rings is 1. The van der Waals surface area contributed by atoms with Crippen molar-refractivity contribution in [1.82, 2.24) is 9.47 Å². The van der Waals surface area contributed by atoms with Crippen LogP contribution in [0.1, 0.15) is 24.8 Å². The van der Waals surface area contributed by atoms with Crippen LogP contribution in [0.15, 0.2) is 59.5 Å². The molecule has 0 unspecified atom stereocenters. The van der Waals surface area contributed by atoms with Crippen LogP contribution < -0.4 is 15.6 Å². The lowest BCUT2D eigenvalue weighted by Crippen LogP contribution is -2.33.